The molecular formula is C22H26N2O5. The number of hydrogen-bond acceptors (Lipinski definition) is 5. The number of nitrogens with zero attached hydrogens (tertiary/aromatic N) is 1. The van der Waals surface area contributed by atoms with Crippen molar-refractivity contribution in [3.8, 4) is 17.2 Å². The summed E-state index contributed by atoms with van der Waals surface area (Å²) in [6.07, 6.45) is 0.891. The van der Waals surface area contributed by atoms with Crippen molar-refractivity contribution in [2.24, 2.45) is 5.92 Å². The van der Waals surface area contributed by atoms with Crippen molar-refractivity contribution in [2.45, 2.75) is 12.8 Å². The molecule has 1 aliphatic heterocycles. The summed E-state index contributed by atoms with van der Waals surface area (Å²) < 4.78 is 15.8. The Hall–Kier alpha value is -3.22. The van der Waals surface area contributed by atoms with Gasteiger partial charge in [-0.25, -0.2) is 0 Å². The molecule has 0 aliphatic carbocycles. The van der Waals surface area contributed by atoms with Crippen molar-refractivity contribution in [2.75, 3.05) is 39.3 Å². The first-order valence-corrected chi connectivity index (χ1v) is 9.48. The molecule has 1 aliphatic rings. The Bertz CT molecular complexity index is 883. The van der Waals surface area contributed by atoms with Gasteiger partial charge in [0.05, 0.1) is 27.2 Å². The van der Waals surface area contributed by atoms with Crippen molar-refractivity contribution in [3.05, 3.63) is 48.0 Å². The van der Waals surface area contributed by atoms with Gasteiger partial charge in [0.1, 0.15) is 5.75 Å². The molecule has 1 atom stereocenters. The SMILES string of the molecule is COc1cccc(CCNC(=O)C2CC(=O)N(c3ccc(OC)c(OC)c3)C2)c1. The molecule has 1 unspecified atom stereocenters. The molecule has 0 aromatic heterocycles. The minimum Gasteiger partial charge on any atom is -0.497 e. The second kappa shape index (κ2) is 9.32. The van der Waals surface area contributed by atoms with Crippen molar-refractivity contribution in [1.29, 1.82) is 0 Å². The van der Waals surface area contributed by atoms with E-state index in [4.69, 9.17) is 14.2 Å². The number of nitrogens with one attached hydrogen (secondary N) is 1. The van der Waals surface area contributed by atoms with Crippen LogP contribution in [0.15, 0.2) is 42.5 Å². The van der Waals surface area contributed by atoms with Gasteiger partial charge in [-0.2, -0.15) is 0 Å². The molecular weight excluding hydrogens is 372 g/mol. The molecule has 0 radical (unpaired) electrons. The molecule has 2 amide bonds. The van der Waals surface area contributed by atoms with Crippen LogP contribution in [-0.2, 0) is 16.0 Å². The highest BCUT2D eigenvalue weighted by Gasteiger charge is 2.35. The maximum Gasteiger partial charge on any atom is 0.227 e. The Balaban J connectivity index is 1.57. The molecule has 1 fully saturated rings. The summed E-state index contributed by atoms with van der Waals surface area (Å²) in [5.74, 6) is 1.37. The Kier molecular flexibility index (Phi) is 6.59. The quantitative estimate of drug-likeness (QED) is 0.739. The zero-order chi connectivity index (χ0) is 20.8. The van der Waals surface area contributed by atoms with E-state index in [1.54, 1.807) is 44.4 Å². The number of rotatable bonds is 8. The number of hydrogen-bond donors (Lipinski definition) is 1. The van der Waals surface area contributed by atoms with Gasteiger partial charge in [0.15, 0.2) is 11.5 Å². The van der Waals surface area contributed by atoms with E-state index >= 15 is 0 Å². The minimum absolute atomic E-state index is 0.0786. The molecule has 7 nitrogen and oxygen atoms in total. The molecule has 2 aromatic rings. The minimum atomic E-state index is -0.374. The highest BCUT2D eigenvalue weighted by atomic mass is 16.5. The standard InChI is InChI=1S/C22H26N2O5/c1-27-18-6-4-5-15(11-18)9-10-23-22(26)16-12-21(25)24(14-16)17-7-8-19(28-2)20(13-17)29-3/h4-8,11,13,16H,9-10,12,14H2,1-3H3,(H,23,26). The third-order valence-electron chi connectivity index (χ3n) is 5.02. The van der Waals surface area contributed by atoms with Crippen molar-refractivity contribution < 1.29 is 23.8 Å². The van der Waals surface area contributed by atoms with Gasteiger partial charge in [-0.15, -0.1) is 0 Å². The van der Waals surface area contributed by atoms with Gasteiger partial charge in [-0.05, 0) is 36.2 Å². The van der Waals surface area contributed by atoms with E-state index in [0.717, 1.165) is 11.3 Å². The van der Waals surface area contributed by atoms with E-state index < -0.39 is 0 Å². The van der Waals surface area contributed by atoms with E-state index in [9.17, 15) is 9.59 Å². The van der Waals surface area contributed by atoms with Crippen LogP contribution in [-0.4, -0.2) is 46.2 Å². The Morgan fingerprint density at radius 3 is 2.59 bits per heavy atom. The zero-order valence-corrected chi connectivity index (χ0v) is 16.9. The summed E-state index contributed by atoms with van der Waals surface area (Å²) in [7, 11) is 4.73. The summed E-state index contributed by atoms with van der Waals surface area (Å²) >= 11 is 0. The lowest BCUT2D eigenvalue weighted by atomic mass is 10.1. The van der Waals surface area contributed by atoms with Gasteiger partial charge < -0.3 is 24.4 Å². The summed E-state index contributed by atoms with van der Waals surface area (Å²) in [5.41, 5.74) is 1.78. The van der Waals surface area contributed by atoms with Gasteiger partial charge >= 0.3 is 0 Å². The predicted octanol–water partition coefficient (Wildman–Crippen LogP) is 2.42. The number of ether oxygens (including phenoxy) is 3. The summed E-state index contributed by atoms with van der Waals surface area (Å²) in [6, 6.07) is 13.0. The van der Waals surface area contributed by atoms with Gasteiger partial charge in [-0.3, -0.25) is 9.59 Å². The molecule has 1 N–H and O–H groups in total. The van der Waals surface area contributed by atoms with Gasteiger partial charge in [0.2, 0.25) is 11.8 Å². The van der Waals surface area contributed by atoms with Crippen LogP contribution in [0.5, 0.6) is 17.2 Å². The van der Waals surface area contributed by atoms with Crippen LogP contribution < -0.4 is 24.4 Å². The summed E-state index contributed by atoms with van der Waals surface area (Å²) in [4.78, 5) is 26.6. The largest absolute Gasteiger partial charge is 0.497 e. The lowest BCUT2D eigenvalue weighted by Gasteiger charge is -2.18. The van der Waals surface area contributed by atoms with Gasteiger partial charge in [0.25, 0.3) is 0 Å². The number of carbonyl (C=O) groups excluding carboxylic acids is 2. The van der Waals surface area contributed by atoms with Crippen molar-refractivity contribution >= 4 is 17.5 Å². The number of benzene rings is 2. The summed E-state index contributed by atoms with van der Waals surface area (Å²) in [6.45, 7) is 0.854. The fourth-order valence-corrected chi connectivity index (χ4v) is 3.43. The number of carbonyl (C=O) groups is 2. The van der Waals surface area contributed by atoms with E-state index in [1.165, 1.54) is 0 Å². The van der Waals surface area contributed by atoms with Gasteiger partial charge in [-0.1, -0.05) is 12.1 Å². The molecule has 1 saturated heterocycles. The van der Waals surface area contributed by atoms with Crippen molar-refractivity contribution in [1.82, 2.24) is 5.32 Å². The first kappa shape index (κ1) is 20.5. The molecule has 3 rings (SSSR count). The van der Waals surface area contributed by atoms with Crippen LogP contribution in [0.1, 0.15) is 12.0 Å². The molecule has 29 heavy (non-hydrogen) atoms. The first-order valence-electron chi connectivity index (χ1n) is 9.48. The average Bonchev–Trinajstić information content (AvgIpc) is 3.15. The Morgan fingerprint density at radius 1 is 1.07 bits per heavy atom. The fourth-order valence-electron chi connectivity index (χ4n) is 3.43. The van der Waals surface area contributed by atoms with E-state index in [-0.39, 0.29) is 24.2 Å². The predicted molar refractivity (Wildman–Crippen MR) is 110 cm³/mol. The van der Waals surface area contributed by atoms with Crippen LogP contribution in [0.4, 0.5) is 5.69 Å². The van der Waals surface area contributed by atoms with Crippen LogP contribution in [0, 0.1) is 5.92 Å². The third-order valence-corrected chi connectivity index (χ3v) is 5.02. The lowest BCUT2D eigenvalue weighted by molar-refractivity contribution is -0.126. The fraction of sp³-hybridized carbons (Fsp3) is 0.364. The zero-order valence-electron chi connectivity index (χ0n) is 16.9. The Labute approximate surface area is 170 Å². The molecule has 1 heterocycles. The van der Waals surface area contributed by atoms with E-state index in [2.05, 4.69) is 5.32 Å². The number of anilines is 1. The van der Waals surface area contributed by atoms with Gasteiger partial charge in [0, 0.05) is 31.3 Å². The highest BCUT2D eigenvalue weighted by molar-refractivity contribution is 6.00. The second-order valence-electron chi connectivity index (χ2n) is 6.84. The maximum atomic E-state index is 12.5. The molecule has 2 aromatic carbocycles. The molecule has 0 spiro atoms. The van der Waals surface area contributed by atoms with Crippen LogP contribution in [0.25, 0.3) is 0 Å². The van der Waals surface area contributed by atoms with E-state index in [1.807, 2.05) is 24.3 Å². The molecule has 154 valence electrons. The molecule has 0 saturated carbocycles. The Morgan fingerprint density at radius 2 is 1.86 bits per heavy atom. The average molecular weight is 398 g/mol. The van der Waals surface area contributed by atoms with Crippen LogP contribution in [0.3, 0.4) is 0 Å². The van der Waals surface area contributed by atoms with Crippen molar-refractivity contribution in [3.63, 3.8) is 0 Å². The first-order chi connectivity index (χ1) is 14.0. The third kappa shape index (κ3) is 4.80. The molecule has 0 bridgehead atoms. The molecule has 7 heteroatoms. The monoisotopic (exact) mass is 398 g/mol. The maximum absolute atomic E-state index is 12.5. The van der Waals surface area contributed by atoms with Crippen LogP contribution in [0.2, 0.25) is 0 Å². The summed E-state index contributed by atoms with van der Waals surface area (Å²) in [5, 5.41) is 2.94. The second-order valence-corrected chi connectivity index (χ2v) is 6.84. The lowest BCUT2D eigenvalue weighted by Crippen LogP contribution is -2.34. The number of methoxy groups -OCH3 is 3. The smallest absolute Gasteiger partial charge is 0.227 e. The van der Waals surface area contributed by atoms with Crippen LogP contribution >= 0.6 is 0 Å². The topological polar surface area (TPSA) is 77.1 Å². The normalized spacial score (nSPS) is 15.9. The van der Waals surface area contributed by atoms with E-state index in [0.29, 0.717) is 36.7 Å². The highest BCUT2D eigenvalue weighted by Crippen LogP contribution is 2.34. The number of amides is 2.